The SMILES string of the molecule is CCOc1ccc(N(CCC#N)C(=O)COC(=O)Cn2cc(C(=O)OC)c3ccccc32)cc1. The minimum Gasteiger partial charge on any atom is -0.494 e. The van der Waals surface area contributed by atoms with E-state index in [1.807, 2.05) is 13.0 Å². The maximum Gasteiger partial charge on any atom is 0.340 e. The predicted octanol–water partition coefficient (Wildman–Crippen LogP) is 3.32. The first-order valence-corrected chi connectivity index (χ1v) is 10.7. The number of hydrogen-bond acceptors (Lipinski definition) is 7. The lowest BCUT2D eigenvalue weighted by atomic mass is 10.2. The fraction of sp³-hybridized carbons (Fsp3) is 0.280. The lowest BCUT2D eigenvalue weighted by Gasteiger charge is -2.22. The van der Waals surface area contributed by atoms with Crippen molar-refractivity contribution in [3.05, 3.63) is 60.3 Å². The number of aromatic nitrogens is 1. The zero-order valence-corrected chi connectivity index (χ0v) is 19.0. The van der Waals surface area contributed by atoms with Crippen LogP contribution in [0.2, 0.25) is 0 Å². The topological polar surface area (TPSA) is 111 Å². The van der Waals surface area contributed by atoms with Gasteiger partial charge in [-0.3, -0.25) is 9.59 Å². The second-order valence-corrected chi connectivity index (χ2v) is 7.22. The average molecular weight is 463 g/mol. The fourth-order valence-corrected chi connectivity index (χ4v) is 3.50. The molecule has 0 aliphatic carbocycles. The summed E-state index contributed by atoms with van der Waals surface area (Å²) in [7, 11) is 1.29. The number of ether oxygens (including phenoxy) is 3. The van der Waals surface area contributed by atoms with Gasteiger partial charge in [-0.1, -0.05) is 18.2 Å². The van der Waals surface area contributed by atoms with Crippen LogP contribution in [0.3, 0.4) is 0 Å². The smallest absolute Gasteiger partial charge is 0.340 e. The normalized spacial score (nSPS) is 10.4. The Morgan fingerprint density at radius 2 is 1.82 bits per heavy atom. The number of nitriles is 1. The largest absolute Gasteiger partial charge is 0.494 e. The van der Waals surface area contributed by atoms with Gasteiger partial charge < -0.3 is 23.7 Å². The third kappa shape index (κ3) is 5.72. The highest BCUT2D eigenvalue weighted by Gasteiger charge is 2.20. The summed E-state index contributed by atoms with van der Waals surface area (Å²) in [6, 6.07) is 16.0. The van der Waals surface area contributed by atoms with E-state index < -0.39 is 24.5 Å². The second-order valence-electron chi connectivity index (χ2n) is 7.22. The van der Waals surface area contributed by atoms with E-state index in [1.165, 1.54) is 18.2 Å². The summed E-state index contributed by atoms with van der Waals surface area (Å²) in [5.41, 5.74) is 1.57. The fourth-order valence-electron chi connectivity index (χ4n) is 3.50. The lowest BCUT2D eigenvalue weighted by Crippen LogP contribution is -2.35. The van der Waals surface area contributed by atoms with Crippen LogP contribution in [0.4, 0.5) is 5.69 Å². The number of anilines is 1. The Bertz CT molecular complexity index is 1210. The Morgan fingerprint density at radius 1 is 1.09 bits per heavy atom. The number of hydrogen-bond donors (Lipinski definition) is 0. The van der Waals surface area contributed by atoms with E-state index >= 15 is 0 Å². The summed E-state index contributed by atoms with van der Waals surface area (Å²) in [5.74, 6) is -0.949. The number of esters is 2. The molecule has 0 radical (unpaired) electrons. The van der Waals surface area contributed by atoms with Gasteiger partial charge in [0.05, 0.1) is 31.8 Å². The molecule has 0 atom stereocenters. The van der Waals surface area contributed by atoms with E-state index in [-0.39, 0.29) is 19.5 Å². The Balaban J connectivity index is 1.68. The summed E-state index contributed by atoms with van der Waals surface area (Å²) >= 11 is 0. The van der Waals surface area contributed by atoms with Crippen LogP contribution in [0.5, 0.6) is 5.75 Å². The number of para-hydroxylation sites is 1. The Labute approximate surface area is 197 Å². The summed E-state index contributed by atoms with van der Waals surface area (Å²) in [5, 5.41) is 9.61. The maximum atomic E-state index is 12.8. The minimum atomic E-state index is -0.641. The van der Waals surface area contributed by atoms with E-state index in [4.69, 9.17) is 19.5 Å². The molecule has 1 aromatic heterocycles. The van der Waals surface area contributed by atoms with Crippen LogP contribution in [0.15, 0.2) is 54.7 Å². The Kier molecular flexibility index (Phi) is 8.24. The number of carbonyl (C=O) groups excluding carboxylic acids is 3. The van der Waals surface area contributed by atoms with E-state index in [2.05, 4.69) is 0 Å². The monoisotopic (exact) mass is 463 g/mol. The van der Waals surface area contributed by atoms with Crippen molar-refractivity contribution in [3.8, 4) is 11.8 Å². The van der Waals surface area contributed by atoms with Crippen molar-refractivity contribution >= 4 is 34.4 Å². The molecule has 0 fully saturated rings. The summed E-state index contributed by atoms with van der Waals surface area (Å²) in [6.07, 6.45) is 1.65. The van der Waals surface area contributed by atoms with Crippen molar-refractivity contribution in [2.45, 2.75) is 19.9 Å². The molecule has 0 aliphatic heterocycles. The van der Waals surface area contributed by atoms with Crippen LogP contribution in [0.25, 0.3) is 10.9 Å². The molecule has 2 aromatic carbocycles. The molecule has 176 valence electrons. The van der Waals surface area contributed by atoms with Gasteiger partial charge >= 0.3 is 11.9 Å². The van der Waals surface area contributed by atoms with E-state index in [9.17, 15) is 14.4 Å². The van der Waals surface area contributed by atoms with Crippen molar-refractivity contribution in [2.24, 2.45) is 0 Å². The van der Waals surface area contributed by atoms with Crippen LogP contribution in [0.1, 0.15) is 23.7 Å². The molecule has 1 heterocycles. The van der Waals surface area contributed by atoms with Gasteiger partial charge in [-0.25, -0.2) is 4.79 Å². The Morgan fingerprint density at radius 3 is 2.50 bits per heavy atom. The highest BCUT2D eigenvalue weighted by Crippen LogP contribution is 2.23. The van der Waals surface area contributed by atoms with Gasteiger partial charge in [0.15, 0.2) is 6.61 Å². The molecule has 0 unspecified atom stereocenters. The standard InChI is InChI=1S/C25H25N3O6/c1-3-33-19-11-9-18(10-12-19)28(14-6-13-26)23(29)17-34-24(30)16-27-15-21(25(31)32-2)20-7-4-5-8-22(20)27/h4-5,7-12,15H,3,6,14,16-17H2,1-2H3. The van der Waals surface area contributed by atoms with Gasteiger partial charge in [0.25, 0.3) is 5.91 Å². The lowest BCUT2D eigenvalue weighted by molar-refractivity contribution is -0.148. The predicted molar refractivity (Wildman–Crippen MR) is 124 cm³/mol. The molecule has 9 heteroatoms. The van der Waals surface area contributed by atoms with Crippen molar-refractivity contribution in [3.63, 3.8) is 0 Å². The van der Waals surface area contributed by atoms with Crippen LogP contribution < -0.4 is 9.64 Å². The summed E-state index contributed by atoms with van der Waals surface area (Å²) < 4.78 is 17.0. The van der Waals surface area contributed by atoms with Gasteiger partial charge in [-0.05, 0) is 37.3 Å². The third-order valence-corrected chi connectivity index (χ3v) is 5.06. The van der Waals surface area contributed by atoms with E-state index in [0.717, 1.165) is 0 Å². The van der Waals surface area contributed by atoms with Crippen molar-refractivity contribution in [1.82, 2.24) is 4.57 Å². The molecule has 0 N–H and O–H groups in total. The molecular formula is C25H25N3O6. The first-order valence-electron chi connectivity index (χ1n) is 10.7. The van der Waals surface area contributed by atoms with Crippen LogP contribution >= 0.6 is 0 Å². The molecule has 0 saturated carbocycles. The zero-order valence-electron chi connectivity index (χ0n) is 19.0. The van der Waals surface area contributed by atoms with Gasteiger partial charge in [-0.15, -0.1) is 0 Å². The van der Waals surface area contributed by atoms with Gasteiger partial charge in [-0.2, -0.15) is 5.26 Å². The molecule has 3 rings (SSSR count). The number of benzene rings is 2. The first kappa shape index (κ1) is 24.3. The maximum absolute atomic E-state index is 12.8. The van der Waals surface area contributed by atoms with E-state index in [0.29, 0.717) is 34.5 Å². The first-order chi connectivity index (χ1) is 16.5. The molecular weight excluding hydrogens is 438 g/mol. The number of fused-ring (bicyclic) bond motifs is 1. The molecule has 0 saturated heterocycles. The molecule has 0 spiro atoms. The van der Waals surface area contributed by atoms with Gasteiger partial charge in [0, 0.05) is 29.3 Å². The average Bonchev–Trinajstić information content (AvgIpc) is 3.22. The molecule has 34 heavy (non-hydrogen) atoms. The highest BCUT2D eigenvalue weighted by molar-refractivity contribution is 6.04. The molecule has 3 aromatic rings. The molecule has 0 bridgehead atoms. The van der Waals surface area contributed by atoms with Crippen LogP contribution in [-0.4, -0.2) is 49.3 Å². The number of methoxy groups -OCH3 is 1. The van der Waals surface area contributed by atoms with Crippen LogP contribution in [0, 0.1) is 11.3 Å². The van der Waals surface area contributed by atoms with Crippen molar-refractivity contribution < 1.29 is 28.6 Å². The molecule has 1 amide bonds. The highest BCUT2D eigenvalue weighted by atomic mass is 16.5. The zero-order chi connectivity index (χ0) is 24.5. The molecule has 0 aliphatic rings. The number of amides is 1. The van der Waals surface area contributed by atoms with E-state index in [1.54, 1.807) is 53.1 Å². The van der Waals surface area contributed by atoms with Gasteiger partial charge in [0.1, 0.15) is 12.3 Å². The number of rotatable bonds is 10. The van der Waals surface area contributed by atoms with Gasteiger partial charge in [0.2, 0.25) is 0 Å². The van der Waals surface area contributed by atoms with Crippen molar-refractivity contribution in [1.29, 1.82) is 5.26 Å². The summed E-state index contributed by atoms with van der Waals surface area (Å²) in [4.78, 5) is 38.8. The molecule has 9 nitrogen and oxygen atoms in total. The quantitative estimate of drug-likeness (QED) is 0.424. The number of carbonyl (C=O) groups is 3. The van der Waals surface area contributed by atoms with Crippen molar-refractivity contribution in [2.75, 3.05) is 31.8 Å². The summed E-state index contributed by atoms with van der Waals surface area (Å²) in [6.45, 7) is 1.88. The van der Waals surface area contributed by atoms with Crippen LogP contribution in [-0.2, 0) is 25.6 Å². The Hall–Kier alpha value is -4.32. The number of nitrogens with zero attached hydrogens (tertiary/aromatic N) is 3. The minimum absolute atomic E-state index is 0.124. The third-order valence-electron chi connectivity index (χ3n) is 5.06. The second kappa shape index (κ2) is 11.5.